The molecule has 1 aliphatic carbocycles. The molecule has 2 fully saturated rings. The molecule has 3 N–H and O–H groups in total. The van der Waals surface area contributed by atoms with Gasteiger partial charge in [0, 0.05) is 24.6 Å². The first kappa shape index (κ1) is 11.3. The largest absolute Gasteiger partial charge is 0.383 e. The van der Waals surface area contributed by atoms with Gasteiger partial charge < -0.3 is 15.8 Å². The fourth-order valence-electron chi connectivity index (χ4n) is 2.47. The minimum absolute atomic E-state index is 0.372. The van der Waals surface area contributed by atoms with Crippen molar-refractivity contribution < 1.29 is 4.74 Å². The summed E-state index contributed by atoms with van der Waals surface area (Å²) in [6.45, 7) is 4.03. The van der Waals surface area contributed by atoms with Crippen LogP contribution in [0.1, 0.15) is 37.7 Å². The molecule has 2 heterocycles. The number of ether oxygens (including phenoxy) is 1. The van der Waals surface area contributed by atoms with Crippen molar-refractivity contribution in [1.29, 1.82) is 0 Å². The fraction of sp³-hybridized carbons (Fsp3) is 0.750. The van der Waals surface area contributed by atoms with Crippen LogP contribution in [0.4, 0.5) is 10.8 Å². The Balaban J connectivity index is 1.64. The van der Waals surface area contributed by atoms with Crippen LogP contribution in [0, 0.1) is 5.92 Å². The molecule has 0 spiro atoms. The summed E-state index contributed by atoms with van der Waals surface area (Å²) in [6.07, 6.45) is 4.05. The highest BCUT2D eigenvalue weighted by Crippen LogP contribution is 2.47. The number of nitrogens with one attached hydrogen (secondary N) is 1. The molecular weight excluding hydrogens is 234 g/mol. The van der Waals surface area contributed by atoms with E-state index in [1.807, 2.05) is 0 Å². The number of nitrogen functional groups attached to an aromatic ring is 1. The van der Waals surface area contributed by atoms with Gasteiger partial charge in [-0.3, -0.25) is 0 Å². The number of hydrogen-bond donors (Lipinski definition) is 2. The number of nitrogens with zero attached hydrogens (tertiary/aromatic N) is 1. The van der Waals surface area contributed by atoms with Gasteiger partial charge in [-0.1, -0.05) is 0 Å². The highest BCUT2D eigenvalue weighted by atomic mass is 32.1. The first-order chi connectivity index (χ1) is 8.25. The van der Waals surface area contributed by atoms with Gasteiger partial charge in [0.1, 0.15) is 10.8 Å². The van der Waals surface area contributed by atoms with Crippen LogP contribution in [-0.2, 0) is 4.74 Å². The van der Waals surface area contributed by atoms with Crippen LogP contribution in [-0.4, -0.2) is 23.6 Å². The third-order valence-corrected chi connectivity index (χ3v) is 4.63. The van der Waals surface area contributed by atoms with Crippen molar-refractivity contribution in [2.45, 2.75) is 38.2 Å². The first-order valence-corrected chi connectivity index (χ1v) is 7.13. The quantitative estimate of drug-likeness (QED) is 0.865. The van der Waals surface area contributed by atoms with E-state index in [9.17, 15) is 0 Å². The molecule has 0 bridgehead atoms. The molecule has 1 saturated carbocycles. The van der Waals surface area contributed by atoms with Gasteiger partial charge in [0.05, 0.1) is 6.10 Å². The topological polar surface area (TPSA) is 60.2 Å². The second kappa shape index (κ2) is 4.46. The predicted octanol–water partition coefficient (Wildman–Crippen LogP) is 2.44. The van der Waals surface area contributed by atoms with Gasteiger partial charge in [0.2, 0.25) is 0 Å². The highest BCUT2D eigenvalue weighted by Gasteiger charge is 2.31. The minimum atomic E-state index is 0.372. The molecule has 1 aliphatic heterocycles. The average Bonchev–Trinajstić information content (AvgIpc) is 2.96. The molecule has 5 heteroatoms. The van der Waals surface area contributed by atoms with E-state index < -0.39 is 0 Å². The zero-order valence-electron chi connectivity index (χ0n) is 10.1. The maximum atomic E-state index is 5.93. The molecule has 1 aromatic rings. The van der Waals surface area contributed by atoms with Crippen molar-refractivity contribution in [1.82, 2.24) is 4.37 Å². The summed E-state index contributed by atoms with van der Waals surface area (Å²) in [5, 5.41) is 4.71. The van der Waals surface area contributed by atoms with E-state index in [4.69, 9.17) is 10.5 Å². The normalized spacial score (nSPS) is 28.5. The summed E-state index contributed by atoms with van der Waals surface area (Å²) < 4.78 is 9.84. The van der Waals surface area contributed by atoms with E-state index in [0.717, 1.165) is 25.4 Å². The molecule has 2 unspecified atom stereocenters. The molecule has 3 rings (SSSR count). The summed E-state index contributed by atoms with van der Waals surface area (Å²) in [7, 11) is 0. The Morgan fingerprint density at radius 1 is 1.47 bits per heavy atom. The molecule has 1 aromatic heterocycles. The smallest absolute Gasteiger partial charge is 0.142 e. The SMILES string of the molecule is CC1OCCC1CNc1snc(N)c1C1CC1. The molecule has 0 radical (unpaired) electrons. The van der Waals surface area contributed by atoms with E-state index in [0.29, 0.717) is 17.9 Å². The van der Waals surface area contributed by atoms with Crippen molar-refractivity contribution in [2.24, 2.45) is 5.92 Å². The molecule has 2 aliphatic rings. The van der Waals surface area contributed by atoms with Crippen LogP contribution in [0.3, 0.4) is 0 Å². The van der Waals surface area contributed by atoms with E-state index in [1.165, 1.54) is 34.9 Å². The molecule has 0 amide bonds. The lowest BCUT2D eigenvalue weighted by molar-refractivity contribution is 0.108. The van der Waals surface area contributed by atoms with Gasteiger partial charge in [0.15, 0.2) is 0 Å². The third-order valence-electron chi connectivity index (χ3n) is 3.80. The van der Waals surface area contributed by atoms with Gasteiger partial charge in [-0.2, -0.15) is 4.37 Å². The molecule has 17 heavy (non-hydrogen) atoms. The summed E-state index contributed by atoms with van der Waals surface area (Å²) in [6, 6.07) is 0. The zero-order valence-corrected chi connectivity index (χ0v) is 10.9. The van der Waals surface area contributed by atoms with Crippen LogP contribution in [0.2, 0.25) is 0 Å². The van der Waals surface area contributed by atoms with Crippen molar-refractivity contribution in [2.75, 3.05) is 24.2 Å². The number of hydrogen-bond acceptors (Lipinski definition) is 5. The Morgan fingerprint density at radius 3 is 2.94 bits per heavy atom. The molecule has 0 aromatic carbocycles. The van der Waals surface area contributed by atoms with Gasteiger partial charge in [-0.25, -0.2) is 0 Å². The van der Waals surface area contributed by atoms with Crippen molar-refractivity contribution in [3.05, 3.63) is 5.56 Å². The first-order valence-electron chi connectivity index (χ1n) is 6.36. The second-order valence-corrected chi connectivity index (χ2v) is 5.86. The van der Waals surface area contributed by atoms with E-state index in [-0.39, 0.29) is 0 Å². The lowest BCUT2D eigenvalue weighted by atomic mass is 10.0. The molecule has 4 nitrogen and oxygen atoms in total. The number of rotatable bonds is 4. The van der Waals surface area contributed by atoms with E-state index >= 15 is 0 Å². The van der Waals surface area contributed by atoms with Crippen LogP contribution >= 0.6 is 11.5 Å². The van der Waals surface area contributed by atoms with Gasteiger partial charge in [-0.05, 0) is 43.6 Å². The van der Waals surface area contributed by atoms with Gasteiger partial charge >= 0.3 is 0 Å². The number of nitrogens with two attached hydrogens (primary N) is 1. The van der Waals surface area contributed by atoms with Gasteiger partial charge in [0.25, 0.3) is 0 Å². The van der Waals surface area contributed by atoms with E-state index in [2.05, 4.69) is 16.6 Å². The number of aromatic nitrogens is 1. The Kier molecular flexibility index (Phi) is 2.96. The summed E-state index contributed by atoms with van der Waals surface area (Å²) in [5.41, 5.74) is 7.19. The number of anilines is 2. The maximum absolute atomic E-state index is 5.93. The lowest BCUT2D eigenvalue weighted by Gasteiger charge is -2.15. The van der Waals surface area contributed by atoms with Crippen molar-refractivity contribution in [3.8, 4) is 0 Å². The zero-order chi connectivity index (χ0) is 11.8. The monoisotopic (exact) mass is 253 g/mol. The van der Waals surface area contributed by atoms with Gasteiger partial charge in [-0.15, -0.1) is 0 Å². The second-order valence-electron chi connectivity index (χ2n) is 5.09. The van der Waals surface area contributed by atoms with E-state index in [1.54, 1.807) is 0 Å². The van der Waals surface area contributed by atoms with Crippen LogP contribution in [0.5, 0.6) is 0 Å². The van der Waals surface area contributed by atoms with Crippen molar-refractivity contribution in [3.63, 3.8) is 0 Å². The van der Waals surface area contributed by atoms with Crippen LogP contribution in [0.15, 0.2) is 0 Å². The minimum Gasteiger partial charge on any atom is -0.383 e. The molecule has 2 atom stereocenters. The van der Waals surface area contributed by atoms with Crippen LogP contribution in [0.25, 0.3) is 0 Å². The average molecular weight is 253 g/mol. The summed E-state index contributed by atoms with van der Waals surface area (Å²) in [4.78, 5) is 0. The van der Waals surface area contributed by atoms with Crippen LogP contribution < -0.4 is 11.1 Å². The Morgan fingerprint density at radius 2 is 2.29 bits per heavy atom. The fourth-order valence-corrected chi connectivity index (χ4v) is 3.28. The predicted molar refractivity (Wildman–Crippen MR) is 70.5 cm³/mol. The third kappa shape index (κ3) is 2.26. The summed E-state index contributed by atoms with van der Waals surface area (Å²) in [5.74, 6) is 2.01. The molecule has 1 saturated heterocycles. The van der Waals surface area contributed by atoms with Crippen molar-refractivity contribution >= 4 is 22.4 Å². The summed E-state index contributed by atoms with van der Waals surface area (Å²) >= 11 is 1.50. The molecule has 94 valence electrons. The Hall–Kier alpha value is -0.810. The lowest BCUT2D eigenvalue weighted by Crippen LogP contribution is -2.20. The highest BCUT2D eigenvalue weighted by molar-refractivity contribution is 7.10. The molecular formula is C12H19N3OS. The Bertz CT molecular complexity index is 402. The maximum Gasteiger partial charge on any atom is 0.142 e. The standard InChI is InChI=1S/C12H19N3OS/c1-7-9(4-5-16-7)6-14-12-10(8-2-3-8)11(13)15-17-12/h7-9,14H,2-6H2,1H3,(H2,13,15). The Labute approximate surface area is 106 Å².